The van der Waals surface area contributed by atoms with Gasteiger partial charge in [-0.2, -0.15) is 5.26 Å². The number of methoxy groups -OCH3 is 2. The summed E-state index contributed by atoms with van der Waals surface area (Å²) < 4.78 is 11.3. The monoisotopic (exact) mass is 502 g/mol. The minimum Gasteiger partial charge on any atom is -0.497 e. The molecule has 1 aromatic heterocycles. The van der Waals surface area contributed by atoms with Gasteiger partial charge in [0, 0.05) is 11.8 Å². The van der Waals surface area contributed by atoms with Crippen LogP contribution in [0.3, 0.4) is 0 Å². The number of carbonyl (C=O) groups excluding carboxylic acids is 2. The summed E-state index contributed by atoms with van der Waals surface area (Å²) in [7, 11) is 2.70. The first-order valence-corrected chi connectivity index (χ1v) is 11.6. The highest BCUT2D eigenvalue weighted by atomic mass is 32.1. The number of hydrogen-bond donors (Lipinski definition) is 2. The summed E-state index contributed by atoms with van der Waals surface area (Å²) in [5.74, 6) is -1.73. The van der Waals surface area contributed by atoms with Crippen LogP contribution in [0.2, 0.25) is 0 Å². The number of aromatic nitrogens is 1. The van der Waals surface area contributed by atoms with Gasteiger partial charge in [-0.15, -0.1) is 11.3 Å². The molecule has 2 heterocycles. The van der Waals surface area contributed by atoms with Crippen molar-refractivity contribution in [1.29, 1.82) is 5.26 Å². The number of nitrogens with two attached hydrogens (primary N) is 1. The second kappa shape index (κ2) is 9.93. The number of aryl methyl sites for hydroxylation is 1. The number of fused-ring (bicyclic) bond motifs is 1. The molecule has 0 fully saturated rings. The molecule has 182 valence electrons. The molecular formula is C26H22N4O5S. The molecule has 0 bridgehead atoms. The van der Waals surface area contributed by atoms with Crippen molar-refractivity contribution in [2.45, 2.75) is 12.8 Å². The van der Waals surface area contributed by atoms with E-state index in [-0.39, 0.29) is 26.2 Å². The topological polar surface area (TPSA) is 136 Å². The third-order valence-electron chi connectivity index (χ3n) is 5.70. The second-order valence-electron chi connectivity index (χ2n) is 7.93. The molecule has 1 aliphatic heterocycles. The lowest BCUT2D eigenvalue weighted by Crippen LogP contribution is -2.40. The summed E-state index contributed by atoms with van der Waals surface area (Å²) in [5.41, 5.74) is 8.00. The van der Waals surface area contributed by atoms with Crippen LogP contribution >= 0.6 is 11.3 Å². The molecule has 9 nitrogen and oxygen atoms in total. The number of nitriles is 1. The molecule has 0 saturated heterocycles. The highest BCUT2D eigenvalue weighted by Gasteiger charge is 2.36. The molecule has 4 rings (SSSR count). The quantitative estimate of drug-likeness (QED) is 0.504. The minimum absolute atomic E-state index is 0.0176. The average Bonchev–Trinajstić information content (AvgIpc) is 3.20. The maximum atomic E-state index is 13.8. The molecule has 0 saturated carbocycles. The Hall–Kier alpha value is -4.62. The fourth-order valence-electron chi connectivity index (χ4n) is 3.92. The Morgan fingerprint density at radius 3 is 2.56 bits per heavy atom. The number of rotatable bonds is 5. The van der Waals surface area contributed by atoms with Gasteiger partial charge in [0.05, 0.1) is 37.4 Å². The van der Waals surface area contributed by atoms with Gasteiger partial charge in [-0.3, -0.25) is 14.2 Å². The molecule has 1 aliphatic rings. The van der Waals surface area contributed by atoms with E-state index < -0.39 is 23.4 Å². The molecule has 0 radical (unpaired) electrons. The number of esters is 1. The number of anilines is 1. The molecule has 3 N–H and O–H groups in total. The smallest absolute Gasteiger partial charge is 0.332 e. The summed E-state index contributed by atoms with van der Waals surface area (Å²) in [4.78, 5) is 38.8. The zero-order chi connectivity index (χ0) is 26.0. The highest BCUT2D eigenvalue weighted by Crippen LogP contribution is 2.37. The predicted octanol–water partition coefficient (Wildman–Crippen LogP) is 1.42. The van der Waals surface area contributed by atoms with E-state index in [4.69, 9.17) is 10.5 Å². The van der Waals surface area contributed by atoms with Gasteiger partial charge >= 0.3 is 5.97 Å². The maximum Gasteiger partial charge on any atom is 0.332 e. The fourth-order valence-corrected chi connectivity index (χ4v) is 5.06. The number of amides is 1. The van der Waals surface area contributed by atoms with Crippen molar-refractivity contribution >= 4 is 46.4 Å². The standard InChI is InChI=1S/C26H22N4O5S/c1-14-7-9-16(10-8-14)29-24(32)22-21(15-5-4-6-17(11-15)34-2)18(13-27)23(28)30-25(33)19(36-26(22)30)12-20(31)35-3/h4-12,21H,28H2,1-3H3,(H,29,32)/b19-12-/t21-/m1/s1. The Morgan fingerprint density at radius 2 is 1.92 bits per heavy atom. The molecule has 3 aromatic rings. The molecule has 0 unspecified atom stereocenters. The molecule has 36 heavy (non-hydrogen) atoms. The number of thiazole rings is 1. The van der Waals surface area contributed by atoms with E-state index in [0.717, 1.165) is 27.5 Å². The summed E-state index contributed by atoms with van der Waals surface area (Å²) in [6, 6.07) is 16.2. The number of benzene rings is 2. The lowest BCUT2D eigenvalue weighted by Gasteiger charge is -2.25. The minimum atomic E-state index is -0.889. The lowest BCUT2D eigenvalue weighted by molar-refractivity contribution is -0.133. The average molecular weight is 503 g/mol. The van der Waals surface area contributed by atoms with Crippen LogP contribution in [0.4, 0.5) is 5.69 Å². The van der Waals surface area contributed by atoms with Gasteiger partial charge in [-0.25, -0.2) is 4.79 Å². The molecule has 1 atom stereocenters. The highest BCUT2D eigenvalue weighted by molar-refractivity contribution is 7.07. The lowest BCUT2D eigenvalue weighted by atomic mass is 9.83. The zero-order valence-corrected chi connectivity index (χ0v) is 20.5. The first kappa shape index (κ1) is 24.5. The Labute approximate surface area is 210 Å². The summed E-state index contributed by atoms with van der Waals surface area (Å²) in [5, 5.41) is 12.9. The van der Waals surface area contributed by atoms with Crippen molar-refractivity contribution in [1.82, 2.24) is 4.57 Å². The molecule has 0 aliphatic carbocycles. The van der Waals surface area contributed by atoms with E-state index in [1.54, 1.807) is 36.4 Å². The Bertz CT molecular complexity index is 1620. The predicted molar refractivity (Wildman–Crippen MR) is 136 cm³/mol. The number of hydrogen-bond acceptors (Lipinski definition) is 8. The van der Waals surface area contributed by atoms with E-state index in [2.05, 4.69) is 16.1 Å². The van der Waals surface area contributed by atoms with E-state index in [1.165, 1.54) is 14.2 Å². The normalized spacial score (nSPS) is 15.2. The first-order valence-electron chi connectivity index (χ1n) is 10.8. The van der Waals surface area contributed by atoms with E-state index in [9.17, 15) is 19.6 Å². The van der Waals surface area contributed by atoms with E-state index >= 15 is 0 Å². The molecular weight excluding hydrogens is 480 g/mol. The summed E-state index contributed by atoms with van der Waals surface area (Å²) in [6.07, 6.45) is 1.04. The van der Waals surface area contributed by atoms with Gasteiger partial charge in [0.1, 0.15) is 20.8 Å². The van der Waals surface area contributed by atoms with Crippen molar-refractivity contribution in [3.8, 4) is 11.8 Å². The molecule has 0 spiro atoms. The Balaban J connectivity index is 2.05. The largest absolute Gasteiger partial charge is 0.497 e. The van der Waals surface area contributed by atoms with Gasteiger partial charge in [0.2, 0.25) is 0 Å². The van der Waals surface area contributed by atoms with Crippen LogP contribution in [0, 0.1) is 18.3 Å². The number of nitrogens with one attached hydrogen (secondary N) is 1. The van der Waals surface area contributed by atoms with Gasteiger partial charge < -0.3 is 20.5 Å². The molecule has 1 amide bonds. The van der Waals surface area contributed by atoms with Crippen LogP contribution in [0.25, 0.3) is 17.5 Å². The van der Waals surface area contributed by atoms with Crippen molar-refractivity contribution < 1.29 is 19.1 Å². The number of allylic oxidation sites excluding steroid dienone is 1. The van der Waals surface area contributed by atoms with Crippen molar-refractivity contribution in [3.63, 3.8) is 0 Å². The van der Waals surface area contributed by atoms with Crippen molar-refractivity contribution in [2.24, 2.45) is 5.73 Å². The van der Waals surface area contributed by atoms with E-state index in [1.807, 2.05) is 19.1 Å². The number of ether oxygens (including phenoxy) is 2. The van der Waals surface area contributed by atoms with Gasteiger partial charge in [0.25, 0.3) is 11.5 Å². The second-order valence-corrected chi connectivity index (χ2v) is 8.96. The maximum absolute atomic E-state index is 13.8. The van der Waals surface area contributed by atoms with Crippen LogP contribution in [0.15, 0.2) is 58.9 Å². The van der Waals surface area contributed by atoms with Crippen molar-refractivity contribution in [3.05, 3.63) is 84.8 Å². The number of nitrogens with zero attached hydrogens (tertiary/aromatic N) is 2. The van der Waals surface area contributed by atoms with Gasteiger partial charge in [0.15, 0.2) is 0 Å². The third kappa shape index (κ3) is 4.39. The van der Waals surface area contributed by atoms with E-state index in [0.29, 0.717) is 17.0 Å². The number of carbonyl (C=O) groups is 2. The van der Waals surface area contributed by atoms with Gasteiger partial charge in [-0.1, -0.05) is 29.8 Å². The zero-order valence-electron chi connectivity index (χ0n) is 19.7. The Kier molecular flexibility index (Phi) is 6.76. The molecule has 10 heteroatoms. The summed E-state index contributed by atoms with van der Waals surface area (Å²) >= 11 is 0.921. The SMILES string of the molecule is COC(=O)/C=c1\sc2n(c1=O)C(N)=C(C#N)[C@@H](c1cccc(OC)c1)C=2C(=O)Nc1ccc(C)cc1. The van der Waals surface area contributed by atoms with Crippen LogP contribution in [0.1, 0.15) is 17.0 Å². The first-order chi connectivity index (χ1) is 17.3. The van der Waals surface area contributed by atoms with Gasteiger partial charge in [-0.05, 0) is 36.8 Å². The Morgan fingerprint density at radius 1 is 1.19 bits per heavy atom. The van der Waals surface area contributed by atoms with Crippen LogP contribution in [-0.4, -0.2) is 30.7 Å². The fraction of sp³-hybridized carbons (Fsp3) is 0.154. The van der Waals surface area contributed by atoms with Crippen LogP contribution < -0.4 is 30.5 Å². The van der Waals surface area contributed by atoms with Crippen LogP contribution in [0.5, 0.6) is 5.75 Å². The van der Waals surface area contributed by atoms with Crippen LogP contribution in [-0.2, 0) is 14.3 Å². The molecule has 2 aromatic carbocycles. The van der Waals surface area contributed by atoms with Crippen molar-refractivity contribution in [2.75, 3.05) is 19.5 Å². The summed E-state index contributed by atoms with van der Waals surface area (Å²) in [6.45, 7) is 1.93. The third-order valence-corrected chi connectivity index (χ3v) is 6.81.